The predicted molar refractivity (Wildman–Crippen MR) is 248 cm³/mol. The zero-order chi connectivity index (χ0) is 38.9. The summed E-state index contributed by atoms with van der Waals surface area (Å²) in [5.41, 5.74) is 13.3. The van der Waals surface area contributed by atoms with E-state index in [0.717, 1.165) is 11.4 Å². The van der Waals surface area contributed by atoms with Gasteiger partial charge >= 0.3 is 0 Å². The molecule has 2 atom stereocenters. The standard InChI is InChI=1S/C56H39N3/c1-2-11-36(12-3-1)37-21-23-38(24-22-37)39-25-27-42(28-26-39)55-49-18-8-9-20-50(49)57-56(58-55)48-19-10-15-43-35-44(31-32-45(43)48)59-51-33-29-40-13-4-6-16-46(40)53(51)54-47-17-7-5-14-41(47)30-34-52(54)59/h1-35,55-58H. The molecule has 1 aromatic heterocycles. The number of benzene rings is 10. The Labute approximate surface area is 342 Å². The third kappa shape index (κ3) is 5.55. The van der Waals surface area contributed by atoms with E-state index in [0.29, 0.717) is 0 Å². The molecule has 0 radical (unpaired) electrons. The van der Waals surface area contributed by atoms with Crippen molar-refractivity contribution in [1.29, 1.82) is 0 Å². The number of anilines is 1. The molecule has 0 fully saturated rings. The van der Waals surface area contributed by atoms with Crippen molar-refractivity contribution in [2.75, 3.05) is 5.32 Å². The van der Waals surface area contributed by atoms with Crippen LogP contribution in [0, 0.1) is 0 Å². The molecule has 278 valence electrons. The number of para-hydroxylation sites is 1. The Morgan fingerprint density at radius 2 is 0.915 bits per heavy atom. The molecule has 2 heterocycles. The summed E-state index contributed by atoms with van der Waals surface area (Å²) < 4.78 is 2.46. The van der Waals surface area contributed by atoms with E-state index in [2.05, 4.69) is 228 Å². The van der Waals surface area contributed by atoms with E-state index in [4.69, 9.17) is 0 Å². The second-order valence-electron chi connectivity index (χ2n) is 15.8. The summed E-state index contributed by atoms with van der Waals surface area (Å²) in [5, 5.41) is 18.0. The Kier molecular flexibility index (Phi) is 7.75. The van der Waals surface area contributed by atoms with Crippen LogP contribution in [0.15, 0.2) is 212 Å². The second kappa shape index (κ2) is 13.6. The zero-order valence-corrected chi connectivity index (χ0v) is 32.3. The monoisotopic (exact) mass is 753 g/mol. The number of hydrogen-bond acceptors (Lipinski definition) is 2. The van der Waals surface area contributed by atoms with E-state index in [-0.39, 0.29) is 12.2 Å². The molecule has 3 heteroatoms. The van der Waals surface area contributed by atoms with Crippen LogP contribution in [-0.2, 0) is 0 Å². The molecule has 3 nitrogen and oxygen atoms in total. The number of fused-ring (bicyclic) bond motifs is 9. The van der Waals surface area contributed by atoms with E-state index >= 15 is 0 Å². The van der Waals surface area contributed by atoms with E-state index in [1.807, 2.05) is 0 Å². The molecule has 12 rings (SSSR count). The van der Waals surface area contributed by atoms with Gasteiger partial charge in [-0.2, -0.15) is 0 Å². The number of aromatic nitrogens is 1. The lowest BCUT2D eigenvalue weighted by Gasteiger charge is -2.36. The number of nitrogens with zero attached hydrogens (tertiary/aromatic N) is 1. The summed E-state index contributed by atoms with van der Waals surface area (Å²) in [4.78, 5) is 0. The molecule has 0 spiro atoms. The first kappa shape index (κ1) is 33.7. The van der Waals surface area contributed by atoms with Gasteiger partial charge in [-0.25, -0.2) is 0 Å². The number of rotatable bonds is 5. The summed E-state index contributed by atoms with van der Waals surface area (Å²) in [6, 6.07) is 77.6. The van der Waals surface area contributed by atoms with Crippen molar-refractivity contribution in [3.63, 3.8) is 0 Å². The van der Waals surface area contributed by atoms with Crippen molar-refractivity contribution in [2.24, 2.45) is 0 Å². The van der Waals surface area contributed by atoms with Gasteiger partial charge in [-0.15, -0.1) is 0 Å². The highest BCUT2D eigenvalue weighted by atomic mass is 15.2. The lowest BCUT2D eigenvalue weighted by molar-refractivity contribution is 0.508. The van der Waals surface area contributed by atoms with Crippen LogP contribution in [0.4, 0.5) is 5.69 Å². The minimum Gasteiger partial charge on any atom is -0.366 e. The van der Waals surface area contributed by atoms with Gasteiger partial charge < -0.3 is 9.88 Å². The van der Waals surface area contributed by atoms with Gasteiger partial charge in [-0.3, -0.25) is 5.32 Å². The molecule has 0 saturated heterocycles. The Morgan fingerprint density at radius 3 is 1.59 bits per heavy atom. The molecule has 11 aromatic rings. The fourth-order valence-electron chi connectivity index (χ4n) is 9.64. The highest BCUT2D eigenvalue weighted by molar-refractivity contribution is 6.28. The Bertz CT molecular complexity index is 3290. The van der Waals surface area contributed by atoms with E-state index < -0.39 is 0 Å². The van der Waals surface area contributed by atoms with Crippen molar-refractivity contribution in [1.82, 2.24) is 9.88 Å². The predicted octanol–water partition coefficient (Wildman–Crippen LogP) is 14.4. The van der Waals surface area contributed by atoms with Gasteiger partial charge in [0.05, 0.1) is 17.1 Å². The summed E-state index contributed by atoms with van der Waals surface area (Å²) in [5.74, 6) is 0. The lowest BCUT2D eigenvalue weighted by atomic mass is 9.91. The van der Waals surface area contributed by atoms with Crippen molar-refractivity contribution < 1.29 is 0 Å². The Balaban J connectivity index is 0.920. The van der Waals surface area contributed by atoms with Crippen LogP contribution in [0.3, 0.4) is 0 Å². The third-order valence-electron chi connectivity index (χ3n) is 12.5. The fourth-order valence-corrected chi connectivity index (χ4v) is 9.64. The maximum absolute atomic E-state index is 4.03. The smallest absolute Gasteiger partial charge is 0.105 e. The highest BCUT2D eigenvalue weighted by Crippen LogP contribution is 2.42. The Morgan fingerprint density at radius 1 is 0.373 bits per heavy atom. The van der Waals surface area contributed by atoms with Gasteiger partial charge in [-0.05, 0) is 102 Å². The van der Waals surface area contributed by atoms with Crippen molar-refractivity contribution in [3.05, 3.63) is 229 Å². The molecular formula is C56H39N3. The maximum atomic E-state index is 4.03. The minimum atomic E-state index is -0.0966. The normalized spacial score (nSPS) is 15.2. The van der Waals surface area contributed by atoms with Crippen LogP contribution in [0.25, 0.3) is 82.1 Å². The van der Waals surface area contributed by atoms with Gasteiger partial charge in [0.25, 0.3) is 0 Å². The summed E-state index contributed by atoms with van der Waals surface area (Å²) in [6.07, 6.45) is -0.0966. The van der Waals surface area contributed by atoms with Gasteiger partial charge in [0.15, 0.2) is 0 Å². The van der Waals surface area contributed by atoms with Crippen molar-refractivity contribution in [3.8, 4) is 27.9 Å². The molecular weight excluding hydrogens is 715 g/mol. The SMILES string of the molecule is c1ccc(-c2ccc(-c3ccc(C4NC(c5cccc6cc(-n7c8ccc9ccccc9c8c8c9ccccc9ccc87)ccc56)Nc5ccccc54)cc3)cc2)cc1. The quantitative estimate of drug-likeness (QED) is 0.183. The lowest BCUT2D eigenvalue weighted by Crippen LogP contribution is -2.37. The molecule has 1 aliphatic heterocycles. The van der Waals surface area contributed by atoms with Gasteiger partial charge in [0, 0.05) is 22.1 Å². The number of hydrogen-bond donors (Lipinski definition) is 2. The van der Waals surface area contributed by atoms with Gasteiger partial charge in [0.2, 0.25) is 0 Å². The third-order valence-corrected chi connectivity index (χ3v) is 12.5. The molecule has 0 saturated carbocycles. The highest BCUT2D eigenvalue weighted by Gasteiger charge is 2.29. The summed E-state index contributed by atoms with van der Waals surface area (Å²) >= 11 is 0. The van der Waals surface area contributed by atoms with Crippen LogP contribution in [0.1, 0.15) is 28.9 Å². The van der Waals surface area contributed by atoms with E-state index in [1.165, 1.54) is 93.1 Å². The molecule has 2 N–H and O–H groups in total. The fraction of sp³-hybridized carbons (Fsp3) is 0.0357. The largest absolute Gasteiger partial charge is 0.366 e. The average Bonchev–Trinajstić information content (AvgIpc) is 3.67. The van der Waals surface area contributed by atoms with E-state index in [9.17, 15) is 0 Å². The van der Waals surface area contributed by atoms with Crippen LogP contribution in [0.2, 0.25) is 0 Å². The molecule has 10 aromatic carbocycles. The van der Waals surface area contributed by atoms with Crippen LogP contribution < -0.4 is 10.6 Å². The topological polar surface area (TPSA) is 29.0 Å². The first-order valence-electron chi connectivity index (χ1n) is 20.5. The first-order valence-corrected chi connectivity index (χ1v) is 20.5. The van der Waals surface area contributed by atoms with Crippen LogP contribution >= 0.6 is 0 Å². The second-order valence-corrected chi connectivity index (χ2v) is 15.8. The minimum absolute atomic E-state index is 0.0173. The molecule has 0 aliphatic carbocycles. The molecule has 0 amide bonds. The summed E-state index contributed by atoms with van der Waals surface area (Å²) in [7, 11) is 0. The van der Waals surface area contributed by atoms with E-state index in [1.54, 1.807) is 0 Å². The molecule has 2 unspecified atom stereocenters. The van der Waals surface area contributed by atoms with Crippen LogP contribution in [-0.4, -0.2) is 4.57 Å². The zero-order valence-electron chi connectivity index (χ0n) is 32.3. The Hall–Kier alpha value is -7.46. The molecule has 1 aliphatic rings. The summed E-state index contributed by atoms with van der Waals surface area (Å²) in [6.45, 7) is 0. The van der Waals surface area contributed by atoms with Gasteiger partial charge in [-0.1, -0.05) is 182 Å². The number of nitrogens with one attached hydrogen (secondary N) is 2. The molecule has 59 heavy (non-hydrogen) atoms. The molecule has 0 bridgehead atoms. The van der Waals surface area contributed by atoms with Crippen molar-refractivity contribution >= 4 is 59.8 Å². The van der Waals surface area contributed by atoms with Crippen LogP contribution in [0.5, 0.6) is 0 Å². The maximum Gasteiger partial charge on any atom is 0.105 e. The average molecular weight is 754 g/mol. The first-order chi connectivity index (χ1) is 29.2. The van der Waals surface area contributed by atoms with Crippen molar-refractivity contribution in [2.45, 2.75) is 12.2 Å². The van der Waals surface area contributed by atoms with Gasteiger partial charge in [0.1, 0.15) is 6.17 Å².